The van der Waals surface area contributed by atoms with Crippen molar-refractivity contribution in [2.75, 3.05) is 32.7 Å². The third-order valence-electron chi connectivity index (χ3n) is 4.63. The van der Waals surface area contributed by atoms with Gasteiger partial charge in [0.1, 0.15) is 24.0 Å². The Hall–Kier alpha value is -2.15. The second-order valence-corrected chi connectivity index (χ2v) is 5.96. The number of amides is 1. The molecule has 0 aliphatic carbocycles. The first kappa shape index (κ1) is 15.7. The number of carbonyl (C=O) groups excluding carboxylic acids is 1. The Morgan fingerprint density at radius 2 is 1.96 bits per heavy atom. The number of carbonyl (C=O) groups is 1. The van der Waals surface area contributed by atoms with E-state index in [0.717, 1.165) is 25.2 Å². The molecule has 23 heavy (non-hydrogen) atoms. The van der Waals surface area contributed by atoms with Crippen LogP contribution in [0.3, 0.4) is 0 Å². The fraction of sp³-hybridized carbons (Fsp3) is 0.562. The van der Waals surface area contributed by atoms with Crippen molar-refractivity contribution in [2.45, 2.75) is 27.3 Å². The van der Waals surface area contributed by atoms with Crippen molar-refractivity contribution in [3.05, 3.63) is 28.0 Å². The second kappa shape index (κ2) is 6.16. The summed E-state index contributed by atoms with van der Waals surface area (Å²) in [6.07, 6.45) is 1.40. The van der Waals surface area contributed by atoms with Gasteiger partial charge in [0.2, 0.25) is 11.6 Å². The van der Waals surface area contributed by atoms with E-state index >= 15 is 0 Å². The lowest BCUT2D eigenvalue weighted by molar-refractivity contribution is -0.133. The maximum atomic E-state index is 12.6. The van der Waals surface area contributed by atoms with E-state index in [0.29, 0.717) is 29.9 Å². The van der Waals surface area contributed by atoms with Crippen LogP contribution in [0.4, 0.5) is 0 Å². The maximum Gasteiger partial charge on any atom is 0.265 e. The first-order chi connectivity index (χ1) is 11.0. The molecule has 124 valence electrons. The molecule has 0 bridgehead atoms. The minimum Gasteiger partial charge on any atom is -0.443 e. The Balaban J connectivity index is 1.79. The first-order valence-corrected chi connectivity index (χ1v) is 7.96. The van der Waals surface area contributed by atoms with Gasteiger partial charge in [-0.1, -0.05) is 6.92 Å². The normalized spacial score (nSPS) is 16.2. The molecule has 0 radical (unpaired) electrons. The van der Waals surface area contributed by atoms with Crippen LogP contribution in [0, 0.1) is 13.8 Å². The Kier molecular flexibility index (Phi) is 4.21. The summed E-state index contributed by atoms with van der Waals surface area (Å²) in [5, 5.41) is 0.466. The molecule has 1 aliphatic heterocycles. The average Bonchev–Trinajstić information content (AvgIpc) is 2.85. The summed E-state index contributed by atoms with van der Waals surface area (Å²) in [6.45, 7) is 9.97. The monoisotopic (exact) mass is 318 g/mol. The van der Waals surface area contributed by atoms with E-state index in [1.807, 2.05) is 11.8 Å². The topological polar surface area (TPSA) is 71.6 Å². The Bertz CT molecular complexity index is 784. The number of nitrogens with zero attached hydrogens (tertiary/aromatic N) is 4. The molecule has 7 nitrogen and oxygen atoms in total. The first-order valence-electron chi connectivity index (χ1n) is 7.96. The van der Waals surface area contributed by atoms with Crippen LogP contribution in [0.1, 0.15) is 18.2 Å². The largest absolute Gasteiger partial charge is 0.443 e. The summed E-state index contributed by atoms with van der Waals surface area (Å²) in [6, 6.07) is 0. The van der Waals surface area contributed by atoms with Crippen LogP contribution in [-0.4, -0.2) is 58.0 Å². The fourth-order valence-corrected chi connectivity index (χ4v) is 2.94. The highest BCUT2D eigenvalue weighted by molar-refractivity contribution is 5.79. The van der Waals surface area contributed by atoms with Crippen molar-refractivity contribution in [1.29, 1.82) is 0 Å². The van der Waals surface area contributed by atoms with Gasteiger partial charge in [0, 0.05) is 31.7 Å². The van der Waals surface area contributed by atoms with Gasteiger partial charge in [-0.2, -0.15) is 0 Å². The molecule has 1 saturated heterocycles. The molecule has 0 aromatic carbocycles. The molecule has 0 saturated carbocycles. The molecule has 2 aromatic rings. The van der Waals surface area contributed by atoms with Gasteiger partial charge in [-0.25, -0.2) is 4.98 Å². The summed E-state index contributed by atoms with van der Waals surface area (Å²) in [5.41, 5.74) is 0.908. The van der Waals surface area contributed by atoms with Gasteiger partial charge in [-0.15, -0.1) is 0 Å². The predicted molar refractivity (Wildman–Crippen MR) is 86.4 cm³/mol. The minimum atomic E-state index is -0.218. The molecule has 0 N–H and O–H groups in total. The molecule has 1 aliphatic rings. The van der Waals surface area contributed by atoms with E-state index < -0.39 is 0 Å². The van der Waals surface area contributed by atoms with E-state index in [9.17, 15) is 9.59 Å². The van der Waals surface area contributed by atoms with Gasteiger partial charge in [0.05, 0.1) is 0 Å². The lowest BCUT2D eigenvalue weighted by Gasteiger charge is -2.34. The van der Waals surface area contributed by atoms with Crippen LogP contribution in [0.5, 0.6) is 0 Å². The van der Waals surface area contributed by atoms with Crippen LogP contribution in [-0.2, 0) is 11.3 Å². The zero-order valence-electron chi connectivity index (χ0n) is 13.8. The molecular formula is C16H22N4O3. The average molecular weight is 318 g/mol. The zero-order valence-corrected chi connectivity index (χ0v) is 13.8. The van der Waals surface area contributed by atoms with Crippen molar-refractivity contribution in [3.8, 4) is 0 Å². The summed E-state index contributed by atoms with van der Waals surface area (Å²) >= 11 is 0. The molecule has 3 rings (SSSR count). The van der Waals surface area contributed by atoms with E-state index in [4.69, 9.17) is 4.42 Å². The minimum absolute atomic E-state index is 0.0254. The lowest BCUT2D eigenvalue weighted by Crippen LogP contribution is -2.49. The number of rotatable bonds is 3. The standard InChI is InChI=1S/C16H22N4O3/c1-4-18-5-7-19(8-6-18)13(21)9-20-10-17-15-14(16(20)22)11(2)12(3)23-15/h10H,4-9H2,1-3H3. The highest BCUT2D eigenvalue weighted by atomic mass is 16.3. The summed E-state index contributed by atoms with van der Waals surface area (Å²) in [4.78, 5) is 33.3. The molecule has 3 heterocycles. The molecule has 0 atom stereocenters. The van der Waals surface area contributed by atoms with Gasteiger partial charge in [0.15, 0.2) is 0 Å². The summed E-state index contributed by atoms with van der Waals surface area (Å²) < 4.78 is 6.83. The van der Waals surface area contributed by atoms with Crippen molar-refractivity contribution in [2.24, 2.45) is 0 Å². The number of likely N-dealkylation sites (N-methyl/N-ethyl adjacent to an activating group) is 1. The highest BCUT2D eigenvalue weighted by Crippen LogP contribution is 2.19. The fourth-order valence-electron chi connectivity index (χ4n) is 2.94. The van der Waals surface area contributed by atoms with Gasteiger partial charge < -0.3 is 14.2 Å². The van der Waals surface area contributed by atoms with E-state index in [1.165, 1.54) is 10.9 Å². The van der Waals surface area contributed by atoms with Crippen LogP contribution >= 0.6 is 0 Å². The molecule has 2 aromatic heterocycles. The van der Waals surface area contributed by atoms with Crippen LogP contribution in [0.25, 0.3) is 11.1 Å². The van der Waals surface area contributed by atoms with E-state index in [1.54, 1.807) is 6.92 Å². The lowest BCUT2D eigenvalue weighted by atomic mass is 10.2. The predicted octanol–water partition coefficient (Wildman–Crippen LogP) is 0.770. The zero-order chi connectivity index (χ0) is 16.6. The van der Waals surface area contributed by atoms with Crippen molar-refractivity contribution in [1.82, 2.24) is 19.4 Å². The van der Waals surface area contributed by atoms with Gasteiger partial charge in [0.25, 0.3) is 5.56 Å². The Labute approximate surface area is 134 Å². The highest BCUT2D eigenvalue weighted by Gasteiger charge is 2.21. The third kappa shape index (κ3) is 2.88. The summed E-state index contributed by atoms with van der Waals surface area (Å²) in [5.74, 6) is 0.645. The molecule has 0 unspecified atom stereocenters. The smallest absolute Gasteiger partial charge is 0.265 e. The van der Waals surface area contributed by atoms with Gasteiger partial charge in [-0.05, 0) is 20.4 Å². The van der Waals surface area contributed by atoms with Crippen molar-refractivity contribution >= 4 is 17.0 Å². The number of piperazine rings is 1. The third-order valence-corrected chi connectivity index (χ3v) is 4.63. The number of hydrogen-bond donors (Lipinski definition) is 0. The number of fused-ring (bicyclic) bond motifs is 1. The Morgan fingerprint density at radius 1 is 1.26 bits per heavy atom. The number of aromatic nitrogens is 2. The van der Waals surface area contributed by atoms with Crippen LogP contribution in [0.2, 0.25) is 0 Å². The number of hydrogen-bond acceptors (Lipinski definition) is 5. The molecule has 7 heteroatoms. The maximum absolute atomic E-state index is 12.6. The second-order valence-electron chi connectivity index (χ2n) is 5.96. The SMILES string of the molecule is CCN1CCN(C(=O)Cn2cnc3oc(C)c(C)c3c2=O)CC1. The Morgan fingerprint density at radius 3 is 2.61 bits per heavy atom. The number of aryl methyl sites for hydroxylation is 2. The van der Waals surface area contributed by atoms with Crippen LogP contribution < -0.4 is 5.56 Å². The molecular weight excluding hydrogens is 296 g/mol. The number of furan rings is 1. The molecule has 1 fully saturated rings. The van der Waals surface area contributed by atoms with E-state index in [-0.39, 0.29) is 18.0 Å². The molecule has 1 amide bonds. The van der Waals surface area contributed by atoms with Crippen LogP contribution in [0.15, 0.2) is 15.5 Å². The van der Waals surface area contributed by atoms with Crippen molar-refractivity contribution in [3.63, 3.8) is 0 Å². The van der Waals surface area contributed by atoms with Crippen molar-refractivity contribution < 1.29 is 9.21 Å². The van der Waals surface area contributed by atoms with Gasteiger partial charge >= 0.3 is 0 Å². The van der Waals surface area contributed by atoms with E-state index in [2.05, 4.69) is 16.8 Å². The summed E-state index contributed by atoms with van der Waals surface area (Å²) in [7, 11) is 0. The quantitative estimate of drug-likeness (QED) is 0.836. The van der Waals surface area contributed by atoms with Gasteiger partial charge in [-0.3, -0.25) is 14.2 Å². The molecule has 0 spiro atoms.